The maximum Gasteiger partial charge on any atom is 0.261 e. The Hall–Kier alpha value is -2.93. The van der Waals surface area contributed by atoms with Crippen molar-refractivity contribution in [3.05, 3.63) is 59.7 Å². The molecule has 1 unspecified atom stereocenters. The molecule has 2 amide bonds. The van der Waals surface area contributed by atoms with Crippen molar-refractivity contribution < 1.29 is 14.3 Å². The minimum absolute atomic E-state index is 0.0918. The number of carbonyl (C=O) groups is 2. The summed E-state index contributed by atoms with van der Waals surface area (Å²) in [6.07, 6.45) is 2.77. The number of carbonyl (C=O) groups excluding carboxylic acids is 2. The first-order valence-electron chi connectivity index (χ1n) is 10.2. The summed E-state index contributed by atoms with van der Waals surface area (Å²) in [4.78, 5) is 25.0. The molecule has 1 atom stereocenters. The largest absolute Gasteiger partial charge is 0.493 e. The summed E-state index contributed by atoms with van der Waals surface area (Å²) in [5.41, 5.74) is 1.55. The van der Waals surface area contributed by atoms with Gasteiger partial charge in [0.15, 0.2) is 5.11 Å². The Morgan fingerprint density at radius 2 is 1.83 bits per heavy atom. The lowest BCUT2D eigenvalue weighted by molar-refractivity contribution is 0.0937. The maximum atomic E-state index is 12.6. The molecule has 2 aromatic rings. The summed E-state index contributed by atoms with van der Waals surface area (Å²) >= 11 is 5.28. The normalized spacial score (nSPS) is 11.3. The van der Waals surface area contributed by atoms with Gasteiger partial charge in [-0.25, -0.2) is 0 Å². The number of anilines is 1. The molecule has 0 aliphatic carbocycles. The summed E-state index contributed by atoms with van der Waals surface area (Å²) in [6, 6.07) is 14.1. The third-order valence-corrected chi connectivity index (χ3v) is 4.69. The molecule has 0 fully saturated rings. The topological polar surface area (TPSA) is 79.5 Å². The molecule has 0 radical (unpaired) electrons. The van der Waals surface area contributed by atoms with Gasteiger partial charge in [0.1, 0.15) is 5.75 Å². The highest BCUT2D eigenvalue weighted by Gasteiger charge is 2.14. The summed E-state index contributed by atoms with van der Waals surface area (Å²) in [7, 11) is 0. The second-order valence-corrected chi connectivity index (χ2v) is 7.38. The molecule has 6 nitrogen and oxygen atoms in total. The van der Waals surface area contributed by atoms with Gasteiger partial charge in [0, 0.05) is 17.3 Å². The molecule has 2 rings (SSSR count). The average molecular weight is 428 g/mol. The van der Waals surface area contributed by atoms with Gasteiger partial charge in [0.25, 0.3) is 11.8 Å². The van der Waals surface area contributed by atoms with Gasteiger partial charge in [0.05, 0.1) is 12.2 Å². The van der Waals surface area contributed by atoms with Gasteiger partial charge in [-0.05, 0) is 62.3 Å². The van der Waals surface area contributed by atoms with Gasteiger partial charge in [-0.2, -0.15) is 0 Å². The quantitative estimate of drug-likeness (QED) is 0.405. The van der Waals surface area contributed by atoms with E-state index in [-0.39, 0.29) is 23.0 Å². The Morgan fingerprint density at radius 3 is 2.57 bits per heavy atom. The molecule has 0 spiro atoms. The number of para-hydroxylation sites is 1. The molecule has 0 aromatic heterocycles. The Balaban J connectivity index is 2.00. The van der Waals surface area contributed by atoms with E-state index in [0.29, 0.717) is 29.2 Å². The predicted octanol–water partition coefficient (Wildman–Crippen LogP) is 4.52. The van der Waals surface area contributed by atoms with Crippen LogP contribution in [0.4, 0.5) is 5.69 Å². The van der Waals surface area contributed by atoms with Gasteiger partial charge in [-0.15, -0.1) is 0 Å². The van der Waals surface area contributed by atoms with Gasteiger partial charge in [0.2, 0.25) is 0 Å². The fourth-order valence-corrected chi connectivity index (χ4v) is 2.80. The van der Waals surface area contributed by atoms with E-state index in [0.717, 1.165) is 19.3 Å². The van der Waals surface area contributed by atoms with Crippen molar-refractivity contribution in [1.82, 2.24) is 10.6 Å². The summed E-state index contributed by atoms with van der Waals surface area (Å²) in [5, 5.41) is 8.69. The molecule has 3 N–H and O–H groups in total. The smallest absolute Gasteiger partial charge is 0.261 e. The van der Waals surface area contributed by atoms with Crippen LogP contribution in [0.2, 0.25) is 0 Å². The second kappa shape index (κ2) is 11.9. The highest BCUT2D eigenvalue weighted by molar-refractivity contribution is 7.80. The van der Waals surface area contributed by atoms with Crippen molar-refractivity contribution in [2.24, 2.45) is 0 Å². The lowest BCUT2D eigenvalue weighted by Gasteiger charge is -2.14. The molecule has 0 bridgehead atoms. The molecule has 0 aliphatic rings. The van der Waals surface area contributed by atoms with E-state index in [1.54, 1.807) is 42.5 Å². The summed E-state index contributed by atoms with van der Waals surface area (Å²) in [5.74, 6) is 0.0151. The molecule has 7 heteroatoms. The van der Waals surface area contributed by atoms with Crippen LogP contribution in [0.25, 0.3) is 0 Å². The molecule has 0 saturated carbocycles. The lowest BCUT2D eigenvalue weighted by Crippen LogP contribution is -2.34. The minimum Gasteiger partial charge on any atom is -0.493 e. The third-order valence-electron chi connectivity index (χ3n) is 4.49. The van der Waals surface area contributed by atoms with Gasteiger partial charge >= 0.3 is 0 Å². The first-order chi connectivity index (χ1) is 14.4. The van der Waals surface area contributed by atoms with Crippen LogP contribution in [0.3, 0.4) is 0 Å². The van der Waals surface area contributed by atoms with Gasteiger partial charge in [-0.3, -0.25) is 14.9 Å². The molecule has 160 valence electrons. The van der Waals surface area contributed by atoms with E-state index in [2.05, 4.69) is 22.9 Å². The van der Waals surface area contributed by atoms with Crippen molar-refractivity contribution in [1.29, 1.82) is 0 Å². The standard InChI is InChI=1S/C23H29N3O3S/c1-4-6-14-29-20-13-8-7-12-19(20)22(28)26-23(30)25-18-11-9-10-17(15-18)21(27)24-16(3)5-2/h7-13,15-16H,4-6,14H2,1-3H3,(H,24,27)(H2,25,26,28,30). The van der Waals surface area contributed by atoms with E-state index in [4.69, 9.17) is 17.0 Å². The predicted molar refractivity (Wildman–Crippen MR) is 124 cm³/mol. The highest BCUT2D eigenvalue weighted by Crippen LogP contribution is 2.18. The number of nitrogens with one attached hydrogen (secondary N) is 3. The number of ether oxygens (including phenoxy) is 1. The molecule has 0 saturated heterocycles. The van der Waals surface area contributed by atoms with E-state index in [1.807, 2.05) is 19.9 Å². The number of hydrogen-bond donors (Lipinski definition) is 3. The first kappa shape index (κ1) is 23.3. The van der Waals surface area contributed by atoms with Crippen LogP contribution in [-0.2, 0) is 0 Å². The van der Waals surface area contributed by atoms with E-state index in [9.17, 15) is 9.59 Å². The number of unbranched alkanes of at least 4 members (excludes halogenated alkanes) is 1. The third kappa shape index (κ3) is 7.15. The first-order valence-corrected chi connectivity index (χ1v) is 10.6. The van der Waals surface area contributed by atoms with Crippen molar-refractivity contribution >= 4 is 34.8 Å². The second-order valence-electron chi connectivity index (χ2n) is 6.97. The zero-order chi connectivity index (χ0) is 21.9. The average Bonchev–Trinajstić information content (AvgIpc) is 2.74. The number of benzene rings is 2. The van der Waals surface area contributed by atoms with Gasteiger partial charge in [-0.1, -0.05) is 38.5 Å². The fraction of sp³-hybridized carbons (Fsp3) is 0.348. The van der Waals surface area contributed by atoms with Crippen LogP contribution in [-0.4, -0.2) is 29.6 Å². The van der Waals surface area contributed by atoms with Gasteiger partial charge < -0.3 is 15.4 Å². The molecular formula is C23H29N3O3S. The monoisotopic (exact) mass is 427 g/mol. The number of thiocarbonyl (C=S) groups is 1. The Bertz CT molecular complexity index is 886. The van der Waals surface area contributed by atoms with Crippen LogP contribution < -0.4 is 20.7 Å². The molecule has 0 heterocycles. The SMILES string of the molecule is CCCCOc1ccccc1C(=O)NC(=S)Nc1cccc(C(=O)NC(C)CC)c1. The molecule has 2 aromatic carbocycles. The summed E-state index contributed by atoms with van der Waals surface area (Å²) < 4.78 is 5.71. The zero-order valence-electron chi connectivity index (χ0n) is 17.7. The lowest BCUT2D eigenvalue weighted by atomic mass is 10.1. The number of hydrogen-bond acceptors (Lipinski definition) is 4. The van der Waals surface area contributed by atoms with E-state index < -0.39 is 0 Å². The van der Waals surface area contributed by atoms with E-state index in [1.165, 1.54) is 0 Å². The summed E-state index contributed by atoms with van der Waals surface area (Å²) in [6.45, 7) is 6.59. The van der Waals surface area contributed by atoms with Crippen LogP contribution in [0.15, 0.2) is 48.5 Å². The Labute approximate surface area is 183 Å². The highest BCUT2D eigenvalue weighted by atomic mass is 32.1. The van der Waals surface area contributed by atoms with Crippen molar-refractivity contribution in [2.75, 3.05) is 11.9 Å². The molecular weight excluding hydrogens is 398 g/mol. The fourth-order valence-electron chi connectivity index (χ4n) is 2.59. The van der Waals surface area contributed by atoms with Crippen LogP contribution in [0.1, 0.15) is 60.7 Å². The van der Waals surface area contributed by atoms with Crippen molar-refractivity contribution in [2.45, 2.75) is 46.1 Å². The Morgan fingerprint density at radius 1 is 1.07 bits per heavy atom. The molecule has 30 heavy (non-hydrogen) atoms. The Kier molecular flexibility index (Phi) is 9.28. The molecule has 0 aliphatic heterocycles. The number of amides is 2. The number of rotatable bonds is 9. The minimum atomic E-state index is -0.356. The van der Waals surface area contributed by atoms with Crippen LogP contribution >= 0.6 is 12.2 Å². The van der Waals surface area contributed by atoms with E-state index >= 15 is 0 Å². The maximum absolute atomic E-state index is 12.6. The van der Waals surface area contributed by atoms with Crippen molar-refractivity contribution in [3.63, 3.8) is 0 Å². The van der Waals surface area contributed by atoms with Crippen molar-refractivity contribution in [3.8, 4) is 5.75 Å². The zero-order valence-corrected chi connectivity index (χ0v) is 18.5. The van der Waals surface area contributed by atoms with Crippen LogP contribution in [0, 0.1) is 0 Å². The van der Waals surface area contributed by atoms with Crippen LogP contribution in [0.5, 0.6) is 5.75 Å².